The second kappa shape index (κ2) is 44.8. The van der Waals surface area contributed by atoms with Crippen LogP contribution >= 0.6 is 0 Å². The topological polar surface area (TPSA) is 78.9 Å². The molecule has 0 aliphatic heterocycles. The van der Waals surface area contributed by atoms with E-state index in [2.05, 4.69) is 81.5 Å². The molecule has 0 fully saturated rings. The number of allylic oxidation sites excluding steroid dienone is 10. The third-order valence-corrected chi connectivity index (χ3v) is 9.79. The van der Waals surface area contributed by atoms with Gasteiger partial charge < -0.3 is 14.2 Å². The van der Waals surface area contributed by atoms with Crippen LogP contribution in [0.25, 0.3) is 0 Å². The molecule has 0 aliphatic rings. The summed E-state index contributed by atoms with van der Waals surface area (Å²) in [5.74, 6) is -0.927. The van der Waals surface area contributed by atoms with Crippen molar-refractivity contribution in [1.82, 2.24) is 0 Å². The summed E-state index contributed by atoms with van der Waals surface area (Å²) in [6, 6.07) is 0. The first-order valence-corrected chi connectivity index (χ1v) is 23.3. The van der Waals surface area contributed by atoms with Gasteiger partial charge in [0.2, 0.25) is 0 Å². The van der Waals surface area contributed by atoms with Gasteiger partial charge in [-0.1, -0.05) is 197 Å². The van der Waals surface area contributed by atoms with Crippen molar-refractivity contribution >= 4 is 17.9 Å². The van der Waals surface area contributed by atoms with E-state index in [9.17, 15) is 14.4 Å². The Hall–Kier alpha value is -2.89. The van der Waals surface area contributed by atoms with Gasteiger partial charge in [0.1, 0.15) is 13.2 Å². The van der Waals surface area contributed by atoms with E-state index in [0.29, 0.717) is 19.3 Å². The fourth-order valence-electron chi connectivity index (χ4n) is 6.29. The van der Waals surface area contributed by atoms with Crippen molar-refractivity contribution in [3.63, 3.8) is 0 Å². The Labute approximate surface area is 345 Å². The fourth-order valence-corrected chi connectivity index (χ4v) is 6.29. The van der Waals surface area contributed by atoms with E-state index in [4.69, 9.17) is 14.2 Å². The third-order valence-electron chi connectivity index (χ3n) is 9.79. The number of hydrogen-bond acceptors (Lipinski definition) is 6. The molecule has 0 aliphatic carbocycles. The highest BCUT2D eigenvalue weighted by Crippen LogP contribution is 2.14. The summed E-state index contributed by atoms with van der Waals surface area (Å²) < 4.78 is 16.6. The molecule has 0 rings (SSSR count). The predicted octanol–water partition coefficient (Wildman–Crippen LogP) is 14.9. The monoisotopic (exact) mass is 783 g/mol. The molecule has 1 atom stereocenters. The number of rotatable bonds is 41. The van der Waals surface area contributed by atoms with Gasteiger partial charge >= 0.3 is 17.9 Å². The van der Waals surface area contributed by atoms with Gasteiger partial charge in [0, 0.05) is 19.3 Å². The highest BCUT2D eigenvalue weighted by molar-refractivity contribution is 5.71. The van der Waals surface area contributed by atoms with E-state index >= 15 is 0 Å². The number of hydrogen-bond donors (Lipinski definition) is 0. The minimum atomic E-state index is -0.780. The van der Waals surface area contributed by atoms with E-state index in [1.165, 1.54) is 83.5 Å². The third kappa shape index (κ3) is 42.3. The molecule has 0 bridgehead atoms. The molecule has 0 saturated heterocycles. The Morgan fingerprint density at radius 3 is 1.09 bits per heavy atom. The van der Waals surface area contributed by atoms with E-state index in [0.717, 1.165) is 96.3 Å². The van der Waals surface area contributed by atoms with Gasteiger partial charge in [0.15, 0.2) is 6.10 Å². The number of ether oxygens (including phenoxy) is 3. The molecule has 0 heterocycles. The van der Waals surface area contributed by atoms with Crippen LogP contribution in [0, 0.1) is 0 Å². The number of carbonyl (C=O) groups excluding carboxylic acids is 3. The minimum absolute atomic E-state index is 0.0838. The smallest absolute Gasteiger partial charge is 0.306 e. The van der Waals surface area contributed by atoms with Crippen LogP contribution in [0.15, 0.2) is 60.8 Å². The zero-order valence-electron chi connectivity index (χ0n) is 36.6. The Bertz CT molecular complexity index is 1040. The summed E-state index contributed by atoms with van der Waals surface area (Å²) in [5.41, 5.74) is 0. The van der Waals surface area contributed by atoms with Gasteiger partial charge in [-0.25, -0.2) is 0 Å². The molecule has 0 saturated carbocycles. The molecule has 0 aromatic rings. The molecular weight excluding hydrogens is 697 g/mol. The van der Waals surface area contributed by atoms with Crippen molar-refractivity contribution in [3.05, 3.63) is 60.8 Å². The van der Waals surface area contributed by atoms with Gasteiger partial charge in [-0.2, -0.15) is 0 Å². The Kier molecular flexibility index (Phi) is 42.5. The van der Waals surface area contributed by atoms with Crippen LogP contribution in [0.1, 0.15) is 220 Å². The minimum Gasteiger partial charge on any atom is -0.462 e. The highest BCUT2D eigenvalue weighted by Gasteiger charge is 2.19. The average Bonchev–Trinajstić information content (AvgIpc) is 3.19. The Balaban J connectivity index is 4.31. The van der Waals surface area contributed by atoms with Crippen LogP contribution in [0.5, 0.6) is 0 Å². The first-order valence-electron chi connectivity index (χ1n) is 23.3. The first-order chi connectivity index (χ1) is 27.5. The average molecular weight is 783 g/mol. The molecule has 0 N–H and O–H groups in total. The first kappa shape index (κ1) is 53.1. The highest BCUT2D eigenvalue weighted by atomic mass is 16.6. The number of carbonyl (C=O) groups is 3. The van der Waals surface area contributed by atoms with Crippen molar-refractivity contribution in [1.29, 1.82) is 0 Å². The summed E-state index contributed by atoms with van der Waals surface area (Å²) in [6.45, 7) is 6.42. The Morgan fingerprint density at radius 1 is 0.375 bits per heavy atom. The van der Waals surface area contributed by atoms with Crippen LogP contribution in [0.2, 0.25) is 0 Å². The standard InChI is InChI=1S/C50H86O6/c1-4-7-10-13-16-18-20-22-23-24-25-26-27-29-30-32-34-37-40-43-49(52)55-46-47(45-54-48(51)42-39-36-15-12-9-6-3)56-50(53)44-41-38-35-33-31-28-21-19-17-14-11-8-5-2/h7,10,16,18,22-23,25-26,29-30,47H,4-6,8-9,11-15,17,19-21,24,27-28,31-46H2,1-3H3/b10-7-,18-16-,23-22-,26-25-,30-29-. The quantitative estimate of drug-likeness (QED) is 0.0266. The van der Waals surface area contributed by atoms with Crippen LogP contribution in [0.4, 0.5) is 0 Å². The summed E-state index contributed by atoms with van der Waals surface area (Å²) in [4.78, 5) is 37.6. The summed E-state index contributed by atoms with van der Waals surface area (Å²) >= 11 is 0. The molecule has 0 aromatic carbocycles. The molecule has 322 valence electrons. The van der Waals surface area contributed by atoms with Crippen molar-refractivity contribution in [2.75, 3.05) is 13.2 Å². The maximum absolute atomic E-state index is 12.7. The van der Waals surface area contributed by atoms with Gasteiger partial charge in [0.25, 0.3) is 0 Å². The molecule has 0 aromatic heterocycles. The van der Waals surface area contributed by atoms with Gasteiger partial charge in [0.05, 0.1) is 0 Å². The molecule has 0 radical (unpaired) electrons. The van der Waals surface area contributed by atoms with E-state index < -0.39 is 6.10 Å². The molecule has 1 unspecified atom stereocenters. The lowest BCUT2D eigenvalue weighted by Gasteiger charge is -2.18. The molecule has 6 nitrogen and oxygen atoms in total. The molecular formula is C50H86O6. The van der Waals surface area contributed by atoms with Gasteiger partial charge in [-0.05, 0) is 64.2 Å². The number of unbranched alkanes of at least 4 members (excludes halogenated alkanes) is 20. The largest absolute Gasteiger partial charge is 0.462 e. The van der Waals surface area contributed by atoms with E-state index in [1.54, 1.807) is 0 Å². The van der Waals surface area contributed by atoms with E-state index in [1.807, 2.05) is 0 Å². The molecule has 0 spiro atoms. The summed E-state index contributed by atoms with van der Waals surface area (Å²) in [6.07, 6.45) is 53.6. The van der Waals surface area contributed by atoms with Crippen LogP contribution < -0.4 is 0 Å². The zero-order valence-corrected chi connectivity index (χ0v) is 36.6. The van der Waals surface area contributed by atoms with Crippen molar-refractivity contribution < 1.29 is 28.6 Å². The fraction of sp³-hybridized carbons (Fsp3) is 0.740. The lowest BCUT2D eigenvalue weighted by Crippen LogP contribution is -2.30. The molecule has 56 heavy (non-hydrogen) atoms. The zero-order chi connectivity index (χ0) is 40.8. The van der Waals surface area contributed by atoms with Crippen molar-refractivity contribution in [2.24, 2.45) is 0 Å². The summed E-state index contributed by atoms with van der Waals surface area (Å²) in [5, 5.41) is 0. The predicted molar refractivity (Wildman–Crippen MR) is 238 cm³/mol. The van der Waals surface area contributed by atoms with Crippen molar-refractivity contribution in [2.45, 2.75) is 226 Å². The molecule has 6 heteroatoms. The van der Waals surface area contributed by atoms with Gasteiger partial charge in [-0.15, -0.1) is 0 Å². The van der Waals surface area contributed by atoms with E-state index in [-0.39, 0.29) is 31.1 Å². The second-order valence-electron chi connectivity index (χ2n) is 15.3. The van der Waals surface area contributed by atoms with Crippen LogP contribution in [0.3, 0.4) is 0 Å². The van der Waals surface area contributed by atoms with Crippen LogP contribution in [-0.4, -0.2) is 37.2 Å². The Morgan fingerprint density at radius 2 is 0.696 bits per heavy atom. The normalized spacial score (nSPS) is 12.6. The maximum Gasteiger partial charge on any atom is 0.306 e. The van der Waals surface area contributed by atoms with Gasteiger partial charge in [-0.3, -0.25) is 14.4 Å². The SMILES string of the molecule is CC/C=C\C/C=C\C/C=C\C/C=C\C/C=C\CCCCCC(=O)OCC(COC(=O)CCCCCCCC)OC(=O)CCCCCCCCCCCCCCC. The number of esters is 3. The second-order valence-corrected chi connectivity index (χ2v) is 15.3. The summed E-state index contributed by atoms with van der Waals surface area (Å²) in [7, 11) is 0. The lowest BCUT2D eigenvalue weighted by molar-refractivity contribution is -0.167. The van der Waals surface area contributed by atoms with Crippen LogP contribution in [-0.2, 0) is 28.6 Å². The maximum atomic E-state index is 12.7. The lowest BCUT2D eigenvalue weighted by atomic mass is 10.0. The molecule has 0 amide bonds. The van der Waals surface area contributed by atoms with Crippen molar-refractivity contribution in [3.8, 4) is 0 Å².